The van der Waals surface area contributed by atoms with Gasteiger partial charge in [-0.3, -0.25) is 0 Å². The van der Waals surface area contributed by atoms with Crippen molar-refractivity contribution in [2.75, 3.05) is 0 Å². The van der Waals surface area contributed by atoms with E-state index in [1.807, 2.05) is 0 Å². The molecule has 0 spiro atoms. The first-order valence-electron chi connectivity index (χ1n) is 5.13. The molecule has 0 saturated heterocycles. The van der Waals surface area contributed by atoms with E-state index < -0.39 is 0 Å². The molecule has 1 rings (SSSR count). The molecule has 0 amide bonds. The Kier molecular flexibility index (Phi) is 4.31. The summed E-state index contributed by atoms with van der Waals surface area (Å²) in [6.07, 6.45) is 5.91. The first kappa shape index (κ1) is 10.0. The molecule has 13 heavy (non-hydrogen) atoms. The second-order valence-electron chi connectivity index (χ2n) is 3.24. The van der Waals surface area contributed by atoms with Crippen LogP contribution in [-0.2, 0) is 0 Å². The highest BCUT2D eigenvalue weighted by atomic mass is 14.0. The van der Waals surface area contributed by atoms with Crippen molar-refractivity contribution in [3.8, 4) is 0 Å². The summed E-state index contributed by atoms with van der Waals surface area (Å²) in [5.41, 5.74) is 2.85. The van der Waals surface area contributed by atoms with E-state index in [-0.39, 0.29) is 0 Å². The molecule has 0 aliphatic rings. The van der Waals surface area contributed by atoms with Crippen molar-refractivity contribution < 1.29 is 0 Å². The Bertz CT molecular complexity index is 257. The van der Waals surface area contributed by atoms with Crippen LogP contribution in [-0.4, -0.2) is 0 Å². The number of hydrogen-bond acceptors (Lipinski definition) is 0. The van der Waals surface area contributed by atoms with E-state index >= 15 is 0 Å². The fraction of sp³-hybridized carbons (Fsp3) is 0.385. The maximum atomic E-state index is 2.36. The Morgan fingerprint density at radius 2 is 1.85 bits per heavy atom. The van der Waals surface area contributed by atoms with Crippen LogP contribution < -0.4 is 0 Å². The highest BCUT2D eigenvalue weighted by molar-refractivity contribution is 5.65. The SMILES string of the molecule is CCCC=C(CC)c1ccccc1. The molecule has 1 aromatic rings. The minimum absolute atomic E-state index is 1.13. The lowest BCUT2D eigenvalue weighted by molar-refractivity contribution is 0.955. The normalized spacial score (nSPS) is 11.7. The fourth-order valence-electron chi connectivity index (χ4n) is 1.44. The summed E-state index contributed by atoms with van der Waals surface area (Å²) in [6, 6.07) is 10.6. The van der Waals surface area contributed by atoms with E-state index in [1.165, 1.54) is 24.0 Å². The number of unbranched alkanes of at least 4 members (excludes halogenated alkanes) is 1. The largest absolute Gasteiger partial charge is 0.0807 e. The summed E-state index contributed by atoms with van der Waals surface area (Å²) in [6.45, 7) is 4.43. The van der Waals surface area contributed by atoms with Crippen LogP contribution >= 0.6 is 0 Å². The van der Waals surface area contributed by atoms with Gasteiger partial charge in [-0.05, 0) is 24.0 Å². The molecule has 1 aromatic carbocycles. The molecule has 0 heteroatoms. The zero-order valence-electron chi connectivity index (χ0n) is 8.59. The topological polar surface area (TPSA) is 0 Å². The van der Waals surface area contributed by atoms with Gasteiger partial charge in [-0.15, -0.1) is 0 Å². The standard InChI is InChI=1S/C13H18/c1-3-5-9-12(4-2)13-10-7-6-8-11-13/h6-11H,3-5H2,1-2H3. The van der Waals surface area contributed by atoms with Crippen LogP contribution in [0.4, 0.5) is 0 Å². The average Bonchev–Trinajstić information content (AvgIpc) is 2.21. The van der Waals surface area contributed by atoms with Crippen molar-refractivity contribution in [2.45, 2.75) is 33.1 Å². The Labute approximate surface area is 81.3 Å². The van der Waals surface area contributed by atoms with Crippen molar-refractivity contribution in [2.24, 2.45) is 0 Å². The summed E-state index contributed by atoms with van der Waals surface area (Å²) in [5.74, 6) is 0. The van der Waals surface area contributed by atoms with Crippen LogP contribution in [0.5, 0.6) is 0 Å². The molecule has 0 radical (unpaired) electrons. The van der Waals surface area contributed by atoms with E-state index in [2.05, 4.69) is 50.3 Å². The predicted molar refractivity (Wildman–Crippen MR) is 59.6 cm³/mol. The van der Waals surface area contributed by atoms with Gasteiger partial charge in [-0.1, -0.05) is 56.7 Å². The van der Waals surface area contributed by atoms with Crippen LogP contribution in [0.15, 0.2) is 36.4 Å². The molecule has 0 bridgehead atoms. The summed E-state index contributed by atoms with van der Waals surface area (Å²) in [7, 11) is 0. The molecule has 0 heterocycles. The summed E-state index contributed by atoms with van der Waals surface area (Å²) in [5, 5.41) is 0. The molecule has 0 aliphatic heterocycles. The quantitative estimate of drug-likeness (QED) is 0.639. The van der Waals surface area contributed by atoms with Gasteiger partial charge < -0.3 is 0 Å². The third-order valence-corrected chi connectivity index (χ3v) is 2.20. The molecule has 0 nitrogen and oxygen atoms in total. The third-order valence-electron chi connectivity index (χ3n) is 2.20. The van der Waals surface area contributed by atoms with Crippen LogP contribution in [0.3, 0.4) is 0 Å². The van der Waals surface area contributed by atoms with Crippen LogP contribution in [0, 0.1) is 0 Å². The lowest BCUT2D eigenvalue weighted by atomic mass is 10.0. The van der Waals surface area contributed by atoms with Gasteiger partial charge in [-0.25, -0.2) is 0 Å². The minimum atomic E-state index is 1.13. The summed E-state index contributed by atoms with van der Waals surface area (Å²) in [4.78, 5) is 0. The maximum absolute atomic E-state index is 2.36. The van der Waals surface area contributed by atoms with Gasteiger partial charge in [-0.2, -0.15) is 0 Å². The molecule has 0 fully saturated rings. The summed E-state index contributed by atoms with van der Waals surface area (Å²) >= 11 is 0. The number of hydrogen-bond donors (Lipinski definition) is 0. The second kappa shape index (κ2) is 5.58. The predicted octanol–water partition coefficient (Wildman–Crippen LogP) is 4.28. The lowest BCUT2D eigenvalue weighted by Gasteiger charge is -2.03. The number of rotatable bonds is 4. The molecule has 0 unspecified atom stereocenters. The van der Waals surface area contributed by atoms with Gasteiger partial charge in [0.15, 0.2) is 0 Å². The molecule has 0 aliphatic carbocycles. The van der Waals surface area contributed by atoms with Crippen molar-refractivity contribution in [1.82, 2.24) is 0 Å². The molecule has 0 saturated carbocycles. The van der Waals surface area contributed by atoms with E-state index in [0.29, 0.717) is 0 Å². The van der Waals surface area contributed by atoms with E-state index in [9.17, 15) is 0 Å². The van der Waals surface area contributed by atoms with Crippen LogP contribution in [0.25, 0.3) is 5.57 Å². The first-order chi connectivity index (χ1) is 6.38. The molecule has 0 aromatic heterocycles. The van der Waals surface area contributed by atoms with Gasteiger partial charge in [0, 0.05) is 0 Å². The zero-order chi connectivity index (χ0) is 9.52. The Balaban J connectivity index is 2.78. The van der Waals surface area contributed by atoms with Crippen molar-refractivity contribution in [3.63, 3.8) is 0 Å². The Hall–Kier alpha value is -1.04. The highest BCUT2D eigenvalue weighted by Crippen LogP contribution is 2.18. The Morgan fingerprint density at radius 3 is 2.38 bits per heavy atom. The summed E-state index contributed by atoms with van der Waals surface area (Å²) < 4.78 is 0. The van der Waals surface area contributed by atoms with E-state index in [4.69, 9.17) is 0 Å². The second-order valence-corrected chi connectivity index (χ2v) is 3.24. The van der Waals surface area contributed by atoms with Gasteiger partial charge >= 0.3 is 0 Å². The van der Waals surface area contributed by atoms with E-state index in [0.717, 1.165) is 6.42 Å². The van der Waals surface area contributed by atoms with Gasteiger partial charge in [0.1, 0.15) is 0 Å². The zero-order valence-corrected chi connectivity index (χ0v) is 8.59. The van der Waals surface area contributed by atoms with Crippen molar-refractivity contribution in [1.29, 1.82) is 0 Å². The maximum Gasteiger partial charge on any atom is -0.0228 e. The van der Waals surface area contributed by atoms with Crippen LogP contribution in [0.1, 0.15) is 38.7 Å². The lowest BCUT2D eigenvalue weighted by Crippen LogP contribution is -1.81. The van der Waals surface area contributed by atoms with Crippen molar-refractivity contribution in [3.05, 3.63) is 42.0 Å². The smallest absolute Gasteiger partial charge is 0.0228 e. The van der Waals surface area contributed by atoms with Gasteiger partial charge in [0.25, 0.3) is 0 Å². The fourth-order valence-corrected chi connectivity index (χ4v) is 1.44. The highest BCUT2D eigenvalue weighted by Gasteiger charge is 1.95. The monoisotopic (exact) mass is 174 g/mol. The van der Waals surface area contributed by atoms with Crippen LogP contribution in [0.2, 0.25) is 0 Å². The van der Waals surface area contributed by atoms with Crippen molar-refractivity contribution >= 4 is 5.57 Å². The molecule has 0 atom stereocenters. The first-order valence-corrected chi connectivity index (χ1v) is 5.13. The van der Waals surface area contributed by atoms with E-state index in [1.54, 1.807) is 0 Å². The molecule has 70 valence electrons. The van der Waals surface area contributed by atoms with Gasteiger partial charge in [0.2, 0.25) is 0 Å². The minimum Gasteiger partial charge on any atom is -0.0807 e. The number of allylic oxidation sites excluding steroid dienone is 2. The number of benzene rings is 1. The Morgan fingerprint density at radius 1 is 1.15 bits per heavy atom. The average molecular weight is 174 g/mol. The molecular weight excluding hydrogens is 156 g/mol. The molecule has 0 N–H and O–H groups in total. The third kappa shape index (κ3) is 3.06. The van der Waals surface area contributed by atoms with Gasteiger partial charge in [0.05, 0.1) is 0 Å². The molecular formula is C13H18.